The van der Waals surface area contributed by atoms with E-state index < -0.39 is 0 Å². The van der Waals surface area contributed by atoms with Crippen molar-refractivity contribution < 1.29 is 9.53 Å². The summed E-state index contributed by atoms with van der Waals surface area (Å²) in [6, 6.07) is 6.10. The fourth-order valence-electron chi connectivity index (χ4n) is 2.80. The molecule has 0 radical (unpaired) electrons. The van der Waals surface area contributed by atoms with Gasteiger partial charge in [0, 0.05) is 29.9 Å². The van der Waals surface area contributed by atoms with Gasteiger partial charge in [-0.1, -0.05) is 0 Å². The van der Waals surface area contributed by atoms with Gasteiger partial charge in [-0.25, -0.2) is 4.79 Å². The zero-order valence-corrected chi connectivity index (χ0v) is 14.1. The van der Waals surface area contributed by atoms with Gasteiger partial charge in [0.05, 0.1) is 24.3 Å². The van der Waals surface area contributed by atoms with Gasteiger partial charge >= 0.3 is 6.03 Å². The SMILES string of the molecule is CC(C)n1cc2cc(NC(=O)N3CCO[C@H](C)[C@H]3C)ccc2n1. The van der Waals surface area contributed by atoms with E-state index in [1.54, 1.807) is 0 Å². The average molecular weight is 316 g/mol. The first-order valence-corrected chi connectivity index (χ1v) is 8.14. The number of anilines is 1. The standard InChI is InChI=1S/C17H24N4O2/c1-11(2)21-10-14-9-15(5-6-16(14)19-21)18-17(22)20-7-8-23-13(4)12(20)3/h5-6,9-13H,7-8H2,1-4H3,(H,18,22)/t12-,13-/m1/s1. The predicted molar refractivity (Wildman–Crippen MR) is 90.7 cm³/mol. The number of ether oxygens (including phenoxy) is 1. The lowest BCUT2D eigenvalue weighted by molar-refractivity contribution is -0.0355. The molecule has 1 aliphatic heterocycles. The molecule has 2 amide bonds. The molecule has 0 spiro atoms. The third-order valence-electron chi connectivity index (χ3n) is 4.45. The van der Waals surface area contributed by atoms with Crippen LogP contribution in [-0.2, 0) is 4.74 Å². The van der Waals surface area contributed by atoms with Crippen LogP contribution in [-0.4, -0.2) is 46.0 Å². The van der Waals surface area contributed by atoms with Crippen LogP contribution in [0.25, 0.3) is 10.9 Å². The molecule has 1 aromatic carbocycles. The summed E-state index contributed by atoms with van der Waals surface area (Å²) in [5, 5.41) is 8.54. The zero-order chi connectivity index (χ0) is 16.6. The third kappa shape index (κ3) is 3.17. The number of nitrogens with zero attached hydrogens (tertiary/aromatic N) is 3. The lowest BCUT2D eigenvalue weighted by atomic mass is 10.1. The van der Waals surface area contributed by atoms with E-state index in [1.165, 1.54) is 0 Å². The zero-order valence-electron chi connectivity index (χ0n) is 14.1. The summed E-state index contributed by atoms with van der Waals surface area (Å²) in [5.74, 6) is 0. The van der Waals surface area contributed by atoms with Crippen molar-refractivity contribution in [2.45, 2.75) is 45.9 Å². The number of fused-ring (bicyclic) bond motifs is 1. The van der Waals surface area contributed by atoms with Crippen LogP contribution >= 0.6 is 0 Å². The molecule has 0 saturated carbocycles. The van der Waals surface area contributed by atoms with Crippen molar-refractivity contribution in [1.82, 2.24) is 14.7 Å². The molecule has 1 N–H and O–H groups in total. The van der Waals surface area contributed by atoms with Crippen LogP contribution in [0.1, 0.15) is 33.7 Å². The first-order chi connectivity index (χ1) is 11.0. The smallest absolute Gasteiger partial charge is 0.322 e. The quantitative estimate of drug-likeness (QED) is 0.925. The average Bonchev–Trinajstić information content (AvgIpc) is 2.93. The molecule has 1 fully saturated rings. The molecule has 1 aliphatic rings. The molecule has 23 heavy (non-hydrogen) atoms. The Bertz CT molecular complexity index is 710. The number of carbonyl (C=O) groups is 1. The summed E-state index contributed by atoms with van der Waals surface area (Å²) in [4.78, 5) is 14.3. The van der Waals surface area contributed by atoms with Crippen molar-refractivity contribution in [1.29, 1.82) is 0 Å². The normalized spacial score (nSPS) is 21.9. The summed E-state index contributed by atoms with van der Waals surface area (Å²) in [6.07, 6.45) is 2.07. The monoisotopic (exact) mass is 316 g/mol. The van der Waals surface area contributed by atoms with Gasteiger partial charge in [0.1, 0.15) is 0 Å². The number of rotatable bonds is 2. The molecule has 2 heterocycles. The van der Waals surface area contributed by atoms with E-state index in [9.17, 15) is 4.79 Å². The van der Waals surface area contributed by atoms with Gasteiger partial charge < -0.3 is 15.0 Å². The van der Waals surface area contributed by atoms with Crippen molar-refractivity contribution in [2.75, 3.05) is 18.5 Å². The van der Waals surface area contributed by atoms with E-state index >= 15 is 0 Å². The van der Waals surface area contributed by atoms with E-state index in [-0.39, 0.29) is 18.2 Å². The maximum atomic E-state index is 12.5. The Kier molecular flexibility index (Phi) is 4.26. The summed E-state index contributed by atoms with van der Waals surface area (Å²) in [7, 11) is 0. The lowest BCUT2D eigenvalue weighted by Gasteiger charge is -2.37. The summed E-state index contributed by atoms with van der Waals surface area (Å²) in [5.41, 5.74) is 1.72. The van der Waals surface area contributed by atoms with Crippen LogP contribution in [0.5, 0.6) is 0 Å². The second-order valence-electron chi connectivity index (χ2n) is 6.42. The molecule has 124 valence electrons. The topological polar surface area (TPSA) is 59.4 Å². The first kappa shape index (κ1) is 15.8. The summed E-state index contributed by atoms with van der Waals surface area (Å²) >= 11 is 0. The van der Waals surface area contributed by atoms with E-state index in [1.807, 2.05) is 47.8 Å². The molecule has 1 aromatic heterocycles. The van der Waals surface area contributed by atoms with Crippen molar-refractivity contribution in [3.63, 3.8) is 0 Å². The highest BCUT2D eigenvalue weighted by atomic mass is 16.5. The molecular weight excluding hydrogens is 292 g/mol. The van der Waals surface area contributed by atoms with Crippen LogP contribution in [0.2, 0.25) is 0 Å². The van der Waals surface area contributed by atoms with Gasteiger partial charge in [0.2, 0.25) is 0 Å². The molecule has 1 saturated heterocycles. The number of amides is 2. The minimum absolute atomic E-state index is 0.0567. The fourth-order valence-corrected chi connectivity index (χ4v) is 2.80. The second-order valence-corrected chi connectivity index (χ2v) is 6.42. The molecule has 6 nitrogen and oxygen atoms in total. The Morgan fingerprint density at radius 2 is 2.17 bits per heavy atom. The minimum Gasteiger partial charge on any atom is -0.375 e. The van der Waals surface area contributed by atoms with Gasteiger partial charge in [-0.15, -0.1) is 0 Å². The Balaban J connectivity index is 1.76. The van der Waals surface area contributed by atoms with Gasteiger partial charge in [-0.05, 0) is 45.9 Å². The maximum absolute atomic E-state index is 12.5. The second kappa shape index (κ2) is 6.20. The third-order valence-corrected chi connectivity index (χ3v) is 4.45. The van der Waals surface area contributed by atoms with Gasteiger partial charge in [-0.3, -0.25) is 4.68 Å². The number of morpholine rings is 1. The molecule has 3 rings (SSSR count). The first-order valence-electron chi connectivity index (χ1n) is 8.14. The largest absolute Gasteiger partial charge is 0.375 e. The number of benzene rings is 1. The Morgan fingerprint density at radius 1 is 1.39 bits per heavy atom. The highest BCUT2D eigenvalue weighted by Gasteiger charge is 2.29. The highest BCUT2D eigenvalue weighted by molar-refractivity contribution is 5.92. The molecule has 6 heteroatoms. The van der Waals surface area contributed by atoms with Gasteiger partial charge in [-0.2, -0.15) is 5.10 Å². The van der Waals surface area contributed by atoms with E-state index in [4.69, 9.17) is 4.74 Å². The summed E-state index contributed by atoms with van der Waals surface area (Å²) in [6.45, 7) is 9.39. The fraction of sp³-hybridized carbons (Fsp3) is 0.529. The summed E-state index contributed by atoms with van der Waals surface area (Å²) < 4.78 is 7.50. The van der Waals surface area contributed by atoms with Crippen molar-refractivity contribution >= 4 is 22.6 Å². The minimum atomic E-state index is -0.0803. The Labute approximate surface area is 136 Å². The number of nitrogens with one attached hydrogen (secondary N) is 1. The van der Waals surface area contributed by atoms with Gasteiger partial charge in [0.15, 0.2) is 0 Å². The number of urea groups is 1. The van der Waals surface area contributed by atoms with E-state index in [2.05, 4.69) is 24.3 Å². The number of hydrogen-bond acceptors (Lipinski definition) is 3. The molecule has 2 aromatic rings. The van der Waals surface area contributed by atoms with Crippen LogP contribution in [0.3, 0.4) is 0 Å². The predicted octanol–water partition coefficient (Wildman–Crippen LogP) is 3.26. The van der Waals surface area contributed by atoms with E-state index in [0.717, 1.165) is 16.6 Å². The molecule has 0 bridgehead atoms. The highest BCUT2D eigenvalue weighted by Crippen LogP contribution is 2.21. The number of aromatic nitrogens is 2. The van der Waals surface area contributed by atoms with Crippen LogP contribution in [0.4, 0.5) is 10.5 Å². The van der Waals surface area contributed by atoms with Crippen LogP contribution in [0, 0.1) is 0 Å². The molecular formula is C17H24N4O2. The molecule has 0 aliphatic carbocycles. The number of carbonyl (C=O) groups excluding carboxylic acids is 1. The van der Waals surface area contributed by atoms with Crippen molar-refractivity contribution in [3.8, 4) is 0 Å². The lowest BCUT2D eigenvalue weighted by Crippen LogP contribution is -2.52. The maximum Gasteiger partial charge on any atom is 0.322 e. The van der Waals surface area contributed by atoms with Crippen molar-refractivity contribution in [2.24, 2.45) is 0 Å². The Hall–Kier alpha value is -2.08. The Morgan fingerprint density at radius 3 is 2.91 bits per heavy atom. The van der Waals surface area contributed by atoms with Crippen LogP contribution in [0.15, 0.2) is 24.4 Å². The number of hydrogen-bond donors (Lipinski definition) is 1. The molecule has 0 unspecified atom stereocenters. The van der Waals surface area contributed by atoms with Crippen molar-refractivity contribution in [3.05, 3.63) is 24.4 Å². The van der Waals surface area contributed by atoms with E-state index in [0.29, 0.717) is 19.2 Å². The van der Waals surface area contributed by atoms with Gasteiger partial charge in [0.25, 0.3) is 0 Å². The molecule has 2 atom stereocenters. The van der Waals surface area contributed by atoms with Crippen LogP contribution < -0.4 is 5.32 Å².